The number of thiophene rings is 1. The first-order valence-electron chi connectivity index (χ1n) is 7.96. The van der Waals surface area contributed by atoms with Gasteiger partial charge < -0.3 is 5.32 Å². The monoisotopic (exact) mass is 400 g/mol. The van der Waals surface area contributed by atoms with E-state index in [-0.39, 0.29) is 5.56 Å². The van der Waals surface area contributed by atoms with Crippen LogP contribution in [0.4, 0.5) is 10.8 Å². The zero-order valence-corrected chi connectivity index (χ0v) is 16.7. The van der Waals surface area contributed by atoms with Crippen molar-refractivity contribution in [1.82, 2.24) is 14.5 Å². The van der Waals surface area contributed by atoms with Crippen molar-refractivity contribution < 1.29 is 0 Å². The van der Waals surface area contributed by atoms with E-state index in [1.807, 2.05) is 35.0 Å². The maximum atomic E-state index is 12.4. The molecule has 0 radical (unpaired) electrons. The van der Waals surface area contributed by atoms with Gasteiger partial charge in [0.25, 0.3) is 5.56 Å². The summed E-state index contributed by atoms with van der Waals surface area (Å²) < 4.78 is 2.32. The van der Waals surface area contributed by atoms with Gasteiger partial charge in [-0.3, -0.25) is 9.36 Å². The van der Waals surface area contributed by atoms with E-state index in [1.165, 1.54) is 28.7 Å². The Balaban J connectivity index is 1.49. The quantitative estimate of drug-likeness (QED) is 0.385. The van der Waals surface area contributed by atoms with Crippen LogP contribution in [0.5, 0.6) is 0 Å². The van der Waals surface area contributed by atoms with Crippen LogP contribution in [0.1, 0.15) is 11.3 Å². The molecule has 1 aromatic carbocycles. The molecule has 0 saturated carbocycles. The van der Waals surface area contributed by atoms with Gasteiger partial charge in [0.1, 0.15) is 4.70 Å². The summed E-state index contributed by atoms with van der Waals surface area (Å²) in [4.78, 5) is 21.6. The first-order valence-corrected chi connectivity index (χ1v) is 10.7. The lowest BCUT2D eigenvalue weighted by Gasteiger charge is -2.06. The standard InChI is InChI=1S/C18H16N4OS3/c1-11-5-3-4-6-13(11)20-17-19-12(9-25-17)10-26-18-21-14-7-8-24-15(14)16(23)22(18)2/h3-9H,10H2,1-2H3,(H,19,20). The van der Waals surface area contributed by atoms with Gasteiger partial charge in [0.2, 0.25) is 0 Å². The third-order valence-corrected chi connectivity index (χ3v) is 6.70. The van der Waals surface area contributed by atoms with E-state index in [2.05, 4.69) is 28.3 Å². The summed E-state index contributed by atoms with van der Waals surface area (Å²) in [5, 5.41) is 8.87. The van der Waals surface area contributed by atoms with Crippen molar-refractivity contribution in [2.24, 2.45) is 7.05 Å². The number of rotatable bonds is 5. The number of anilines is 2. The molecule has 0 saturated heterocycles. The summed E-state index contributed by atoms with van der Waals surface area (Å²) >= 11 is 4.54. The zero-order valence-electron chi connectivity index (χ0n) is 14.2. The van der Waals surface area contributed by atoms with Crippen molar-refractivity contribution in [2.75, 3.05) is 5.32 Å². The van der Waals surface area contributed by atoms with Crippen molar-refractivity contribution in [2.45, 2.75) is 17.8 Å². The Morgan fingerprint density at radius 3 is 2.88 bits per heavy atom. The molecule has 4 aromatic rings. The highest BCUT2D eigenvalue weighted by Crippen LogP contribution is 2.27. The average Bonchev–Trinajstić information content (AvgIpc) is 3.28. The highest BCUT2D eigenvalue weighted by atomic mass is 32.2. The van der Waals surface area contributed by atoms with Crippen molar-refractivity contribution >= 4 is 55.5 Å². The molecule has 0 aliphatic carbocycles. The number of hydrogen-bond donors (Lipinski definition) is 1. The summed E-state index contributed by atoms with van der Waals surface area (Å²) in [6, 6.07) is 10.0. The van der Waals surface area contributed by atoms with Gasteiger partial charge in [-0.05, 0) is 30.0 Å². The van der Waals surface area contributed by atoms with E-state index in [9.17, 15) is 4.79 Å². The smallest absolute Gasteiger partial charge is 0.271 e. The Morgan fingerprint density at radius 1 is 1.19 bits per heavy atom. The molecule has 5 nitrogen and oxygen atoms in total. The molecule has 0 aliphatic heterocycles. The van der Waals surface area contributed by atoms with Crippen molar-refractivity contribution in [1.29, 1.82) is 0 Å². The second-order valence-corrected chi connectivity index (χ2v) is 8.48. The first kappa shape index (κ1) is 17.3. The van der Waals surface area contributed by atoms with Crippen molar-refractivity contribution in [3.05, 3.63) is 62.7 Å². The van der Waals surface area contributed by atoms with Gasteiger partial charge in [0.15, 0.2) is 10.3 Å². The van der Waals surface area contributed by atoms with Crippen LogP contribution in [0.15, 0.2) is 51.0 Å². The molecular formula is C18H16N4OS3. The van der Waals surface area contributed by atoms with Gasteiger partial charge in [-0.25, -0.2) is 9.97 Å². The van der Waals surface area contributed by atoms with Crippen molar-refractivity contribution in [3.8, 4) is 0 Å². The van der Waals surface area contributed by atoms with Crippen LogP contribution in [-0.2, 0) is 12.8 Å². The molecule has 3 aromatic heterocycles. The maximum absolute atomic E-state index is 12.4. The van der Waals surface area contributed by atoms with Crippen LogP contribution in [0.3, 0.4) is 0 Å². The number of para-hydroxylation sites is 1. The minimum absolute atomic E-state index is 0.00712. The van der Waals surface area contributed by atoms with Crippen molar-refractivity contribution in [3.63, 3.8) is 0 Å². The number of aromatic nitrogens is 3. The fraction of sp³-hybridized carbons (Fsp3) is 0.167. The Hall–Kier alpha value is -2.16. The Morgan fingerprint density at radius 2 is 2.04 bits per heavy atom. The third kappa shape index (κ3) is 3.40. The molecule has 0 fully saturated rings. The number of benzene rings is 1. The molecule has 132 valence electrons. The lowest BCUT2D eigenvalue weighted by atomic mass is 10.2. The lowest BCUT2D eigenvalue weighted by Crippen LogP contribution is -2.18. The third-order valence-electron chi connectivity index (χ3n) is 3.93. The fourth-order valence-electron chi connectivity index (χ4n) is 2.49. The maximum Gasteiger partial charge on any atom is 0.271 e. The molecule has 4 rings (SSSR count). The largest absolute Gasteiger partial charge is 0.331 e. The zero-order chi connectivity index (χ0) is 18.1. The molecule has 1 N–H and O–H groups in total. The minimum Gasteiger partial charge on any atom is -0.331 e. The highest BCUT2D eigenvalue weighted by Gasteiger charge is 2.11. The van der Waals surface area contributed by atoms with E-state index < -0.39 is 0 Å². The normalized spacial score (nSPS) is 11.2. The van der Waals surface area contributed by atoms with Gasteiger partial charge in [-0.15, -0.1) is 22.7 Å². The van der Waals surface area contributed by atoms with E-state index in [0.717, 1.165) is 22.0 Å². The molecule has 0 spiro atoms. The number of thiazole rings is 1. The van der Waals surface area contributed by atoms with Gasteiger partial charge in [-0.2, -0.15) is 0 Å². The molecule has 0 bridgehead atoms. The van der Waals surface area contributed by atoms with E-state index in [0.29, 0.717) is 15.6 Å². The van der Waals surface area contributed by atoms with Crippen LogP contribution >= 0.6 is 34.4 Å². The topological polar surface area (TPSA) is 59.8 Å². The molecule has 26 heavy (non-hydrogen) atoms. The molecule has 0 amide bonds. The number of hydrogen-bond acceptors (Lipinski definition) is 7. The molecule has 3 heterocycles. The van der Waals surface area contributed by atoms with Crippen LogP contribution in [0, 0.1) is 6.92 Å². The number of aryl methyl sites for hydroxylation is 1. The fourth-order valence-corrected chi connectivity index (χ4v) is 4.99. The van der Waals surface area contributed by atoms with Crippen LogP contribution in [0.2, 0.25) is 0 Å². The van der Waals surface area contributed by atoms with Crippen LogP contribution < -0.4 is 10.9 Å². The van der Waals surface area contributed by atoms with E-state index in [4.69, 9.17) is 0 Å². The van der Waals surface area contributed by atoms with E-state index >= 15 is 0 Å². The summed E-state index contributed by atoms with van der Waals surface area (Å²) in [5.74, 6) is 0.669. The minimum atomic E-state index is 0.00712. The summed E-state index contributed by atoms with van der Waals surface area (Å²) in [6.07, 6.45) is 0. The summed E-state index contributed by atoms with van der Waals surface area (Å²) in [7, 11) is 1.77. The van der Waals surface area contributed by atoms with Gasteiger partial charge in [0, 0.05) is 23.9 Å². The summed E-state index contributed by atoms with van der Waals surface area (Å²) in [6.45, 7) is 2.07. The van der Waals surface area contributed by atoms with Crippen LogP contribution in [-0.4, -0.2) is 14.5 Å². The van der Waals surface area contributed by atoms with Gasteiger partial charge >= 0.3 is 0 Å². The van der Waals surface area contributed by atoms with Gasteiger partial charge in [-0.1, -0.05) is 30.0 Å². The van der Waals surface area contributed by atoms with Gasteiger partial charge in [0.05, 0.1) is 11.2 Å². The highest BCUT2D eigenvalue weighted by molar-refractivity contribution is 7.98. The second kappa shape index (κ2) is 7.22. The number of thioether (sulfide) groups is 1. The molecular weight excluding hydrogens is 384 g/mol. The summed E-state index contributed by atoms with van der Waals surface area (Å²) in [5.41, 5.74) is 3.99. The number of fused-ring (bicyclic) bond motifs is 1. The Labute approximate surface area is 162 Å². The number of nitrogens with zero attached hydrogens (tertiary/aromatic N) is 3. The molecule has 0 aliphatic rings. The van der Waals surface area contributed by atoms with Crippen LogP contribution in [0.25, 0.3) is 10.2 Å². The predicted molar refractivity (Wildman–Crippen MR) is 111 cm³/mol. The SMILES string of the molecule is Cc1ccccc1Nc1nc(CSc2nc3ccsc3c(=O)n2C)cs1. The predicted octanol–water partition coefficient (Wildman–Crippen LogP) is 4.80. The Kier molecular flexibility index (Phi) is 4.80. The first-order chi connectivity index (χ1) is 12.6. The molecule has 0 atom stereocenters. The van der Waals surface area contributed by atoms with E-state index in [1.54, 1.807) is 23.0 Å². The molecule has 0 unspecified atom stereocenters. The lowest BCUT2D eigenvalue weighted by molar-refractivity contribution is 0.727. The molecule has 8 heteroatoms. The average molecular weight is 401 g/mol. The second-order valence-electron chi connectivity index (χ2n) is 5.77. The number of nitrogens with one attached hydrogen (secondary N) is 1. The Bertz CT molecular complexity index is 1130.